The van der Waals surface area contributed by atoms with Crippen molar-refractivity contribution in [1.82, 2.24) is 0 Å². The van der Waals surface area contributed by atoms with Crippen molar-refractivity contribution in [2.45, 2.75) is 6.42 Å². The predicted octanol–water partition coefficient (Wildman–Crippen LogP) is 0.844. The third kappa shape index (κ3) is 1.74. The van der Waals surface area contributed by atoms with Gasteiger partial charge in [0.05, 0.1) is 10.6 Å². The van der Waals surface area contributed by atoms with E-state index in [2.05, 4.69) is 5.10 Å². The minimum atomic E-state index is -0.436. The van der Waals surface area contributed by atoms with Gasteiger partial charge in [0.1, 0.15) is 12.4 Å². The maximum Gasteiger partial charge on any atom is 0.269 e. The second-order valence-corrected chi connectivity index (χ2v) is 3.21. The lowest BCUT2D eigenvalue weighted by atomic mass is 10.0. The number of nitro benzene ring substituents is 1. The highest BCUT2D eigenvalue weighted by Crippen LogP contribution is 2.27. The summed E-state index contributed by atoms with van der Waals surface area (Å²) in [6.45, 7) is 0.349. The molecule has 0 atom stereocenters. The summed E-state index contributed by atoms with van der Waals surface area (Å²) in [7, 11) is 0. The highest BCUT2D eigenvalue weighted by atomic mass is 16.6. The molecular weight excluding hydrogens is 198 g/mol. The number of ether oxygens (including phenoxy) is 1. The maximum atomic E-state index is 10.5. The fourth-order valence-corrected chi connectivity index (χ4v) is 1.47. The largest absolute Gasteiger partial charge is 0.487 e. The number of non-ortho nitro benzene ring substituents is 1. The summed E-state index contributed by atoms with van der Waals surface area (Å²) in [4.78, 5) is 10.1. The molecule has 2 rings (SSSR count). The summed E-state index contributed by atoms with van der Waals surface area (Å²) in [6, 6.07) is 4.50. The lowest BCUT2D eigenvalue weighted by Gasteiger charge is -2.17. The molecular formula is C9H9N3O3. The van der Waals surface area contributed by atoms with E-state index in [9.17, 15) is 10.1 Å². The number of nitrogens with zero attached hydrogens (tertiary/aromatic N) is 2. The molecule has 78 valence electrons. The summed E-state index contributed by atoms with van der Waals surface area (Å²) in [5, 5.41) is 14.1. The summed E-state index contributed by atoms with van der Waals surface area (Å²) in [6.07, 6.45) is 0.507. The lowest BCUT2D eigenvalue weighted by molar-refractivity contribution is -0.384. The van der Waals surface area contributed by atoms with E-state index < -0.39 is 4.92 Å². The average molecular weight is 207 g/mol. The van der Waals surface area contributed by atoms with Crippen LogP contribution in [-0.4, -0.2) is 17.2 Å². The van der Waals surface area contributed by atoms with Crippen LogP contribution in [0.3, 0.4) is 0 Å². The molecule has 1 aromatic rings. The summed E-state index contributed by atoms with van der Waals surface area (Å²) in [5.41, 5.74) is 1.48. The number of benzene rings is 1. The summed E-state index contributed by atoms with van der Waals surface area (Å²) >= 11 is 0. The molecule has 0 aromatic heterocycles. The van der Waals surface area contributed by atoms with Crippen molar-refractivity contribution in [2.75, 3.05) is 6.61 Å². The van der Waals surface area contributed by atoms with Crippen LogP contribution in [0.4, 0.5) is 5.69 Å². The van der Waals surface area contributed by atoms with Crippen molar-refractivity contribution in [3.63, 3.8) is 0 Å². The number of hydrogen-bond acceptors (Lipinski definition) is 5. The molecule has 6 heteroatoms. The molecule has 1 aliphatic rings. The first-order chi connectivity index (χ1) is 7.20. The number of fused-ring (bicyclic) bond motifs is 1. The second kappa shape index (κ2) is 3.56. The fourth-order valence-electron chi connectivity index (χ4n) is 1.47. The fraction of sp³-hybridized carbons (Fsp3) is 0.222. The van der Waals surface area contributed by atoms with Crippen LogP contribution in [-0.2, 0) is 6.42 Å². The van der Waals surface area contributed by atoms with Crippen LogP contribution >= 0.6 is 0 Å². The van der Waals surface area contributed by atoms with Crippen molar-refractivity contribution in [2.24, 2.45) is 10.9 Å². The van der Waals surface area contributed by atoms with E-state index in [0.29, 0.717) is 24.5 Å². The quantitative estimate of drug-likeness (QED) is 0.419. The van der Waals surface area contributed by atoms with E-state index in [0.717, 1.165) is 5.56 Å². The Morgan fingerprint density at radius 1 is 1.53 bits per heavy atom. The summed E-state index contributed by atoms with van der Waals surface area (Å²) < 4.78 is 5.33. The van der Waals surface area contributed by atoms with Gasteiger partial charge >= 0.3 is 0 Å². The Morgan fingerprint density at radius 2 is 2.33 bits per heavy atom. The minimum Gasteiger partial charge on any atom is -0.487 e. The number of nitrogens with two attached hydrogens (primary N) is 1. The molecule has 15 heavy (non-hydrogen) atoms. The van der Waals surface area contributed by atoms with Gasteiger partial charge in [-0.05, 0) is 6.07 Å². The SMILES string of the molecule is N/N=C1/COc2ccc([N+](=O)[O-])cc2C1. The zero-order chi connectivity index (χ0) is 10.8. The first-order valence-corrected chi connectivity index (χ1v) is 4.36. The zero-order valence-corrected chi connectivity index (χ0v) is 7.84. The van der Waals surface area contributed by atoms with Crippen LogP contribution in [0.1, 0.15) is 5.56 Å². The van der Waals surface area contributed by atoms with E-state index in [4.69, 9.17) is 10.6 Å². The van der Waals surface area contributed by atoms with Gasteiger partial charge in [-0.2, -0.15) is 5.10 Å². The molecule has 0 saturated carbocycles. The normalized spacial score (nSPS) is 16.9. The average Bonchev–Trinajstić information content (AvgIpc) is 2.27. The Balaban J connectivity index is 2.39. The van der Waals surface area contributed by atoms with E-state index in [-0.39, 0.29) is 5.69 Å². The maximum absolute atomic E-state index is 10.5. The van der Waals surface area contributed by atoms with Gasteiger partial charge in [0.15, 0.2) is 0 Å². The third-order valence-corrected chi connectivity index (χ3v) is 2.23. The number of hydrazone groups is 1. The molecule has 0 aliphatic carbocycles. The van der Waals surface area contributed by atoms with Gasteiger partial charge in [0.2, 0.25) is 0 Å². The van der Waals surface area contributed by atoms with Crippen LogP contribution in [0.25, 0.3) is 0 Å². The molecule has 0 fully saturated rings. The van der Waals surface area contributed by atoms with E-state index in [1.165, 1.54) is 12.1 Å². The standard InChI is InChI=1S/C9H9N3O3/c10-11-7-3-6-4-8(12(13)14)1-2-9(6)15-5-7/h1-2,4H,3,5,10H2/b11-7+. The van der Waals surface area contributed by atoms with Crippen molar-refractivity contribution in [3.8, 4) is 5.75 Å². The van der Waals surface area contributed by atoms with Crippen LogP contribution < -0.4 is 10.6 Å². The van der Waals surface area contributed by atoms with Gasteiger partial charge in [0.25, 0.3) is 5.69 Å². The first-order valence-electron chi connectivity index (χ1n) is 4.36. The molecule has 1 aliphatic heterocycles. The van der Waals surface area contributed by atoms with Gasteiger partial charge in [0, 0.05) is 24.1 Å². The topological polar surface area (TPSA) is 90.8 Å². The molecule has 0 unspecified atom stereocenters. The van der Waals surface area contributed by atoms with Crippen LogP contribution in [0.5, 0.6) is 5.75 Å². The van der Waals surface area contributed by atoms with Crippen LogP contribution in [0.15, 0.2) is 23.3 Å². The number of nitro groups is 1. The molecule has 1 heterocycles. The molecule has 2 N–H and O–H groups in total. The molecule has 1 aromatic carbocycles. The molecule has 6 nitrogen and oxygen atoms in total. The van der Waals surface area contributed by atoms with Crippen molar-refractivity contribution in [1.29, 1.82) is 0 Å². The van der Waals surface area contributed by atoms with E-state index in [1.807, 2.05) is 0 Å². The first kappa shape index (κ1) is 9.45. The molecule has 0 saturated heterocycles. The summed E-state index contributed by atoms with van der Waals surface area (Å²) in [5.74, 6) is 5.79. The molecule has 0 spiro atoms. The van der Waals surface area contributed by atoms with E-state index >= 15 is 0 Å². The van der Waals surface area contributed by atoms with Crippen molar-refractivity contribution < 1.29 is 9.66 Å². The number of hydrogen-bond donors (Lipinski definition) is 1. The van der Waals surface area contributed by atoms with Crippen molar-refractivity contribution >= 4 is 11.4 Å². The van der Waals surface area contributed by atoms with Gasteiger partial charge < -0.3 is 10.6 Å². The Kier molecular flexibility index (Phi) is 2.24. The Bertz CT molecular complexity index is 442. The lowest BCUT2D eigenvalue weighted by Crippen LogP contribution is -2.22. The highest BCUT2D eigenvalue weighted by molar-refractivity contribution is 5.89. The monoisotopic (exact) mass is 207 g/mol. The second-order valence-electron chi connectivity index (χ2n) is 3.21. The minimum absolute atomic E-state index is 0.0515. The smallest absolute Gasteiger partial charge is 0.269 e. The van der Waals surface area contributed by atoms with Gasteiger partial charge in [-0.15, -0.1) is 0 Å². The third-order valence-electron chi connectivity index (χ3n) is 2.23. The van der Waals surface area contributed by atoms with Crippen molar-refractivity contribution in [3.05, 3.63) is 33.9 Å². The predicted molar refractivity (Wildman–Crippen MR) is 53.9 cm³/mol. The van der Waals surface area contributed by atoms with E-state index in [1.54, 1.807) is 6.07 Å². The Morgan fingerprint density at radius 3 is 3.00 bits per heavy atom. The number of rotatable bonds is 1. The Labute approximate surface area is 85.5 Å². The highest BCUT2D eigenvalue weighted by Gasteiger charge is 2.18. The zero-order valence-electron chi connectivity index (χ0n) is 7.84. The molecule has 0 amide bonds. The van der Waals surface area contributed by atoms with Crippen LogP contribution in [0.2, 0.25) is 0 Å². The molecule has 0 radical (unpaired) electrons. The Hall–Kier alpha value is -2.11. The van der Waals surface area contributed by atoms with Gasteiger partial charge in [-0.3, -0.25) is 10.1 Å². The molecule has 0 bridgehead atoms. The van der Waals surface area contributed by atoms with Gasteiger partial charge in [-0.1, -0.05) is 0 Å². The van der Waals surface area contributed by atoms with Crippen LogP contribution in [0, 0.1) is 10.1 Å². The van der Waals surface area contributed by atoms with Gasteiger partial charge in [-0.25, -0.2) is 0 Å².